The Labute approximate surface area is 191 Å². The van der Waals surface area contributed by atoms with E-state index in [2.05, 4.69) is 10.2 Å². The number of carbonyl (C=O) groups excluding carboxylic acids is 3. The molecule has 4 rings (SSSR count). The van der Waals surface area contributed by atoms with E-state index in [9.17, 15) is 14.4 Å². The number of methoxy groups -OCH3 is 2. The number of fused-ring (bicyclic) bond motifs is 1. The van der Waals surface area contributed by atoms with Crippen LogP contribution in [0, 0.1) is 11.8 Å². The van der Waals surface area contributed by atoms with Crippen molar-refractivity contribution in [1.29, 1.82) is 0 Å². The zero-order valence-electron chi connectivity index (χ0n) is 19.1. The van der Waals surface area contributed by atoms with Gasteiger partial charge in [-0.25, -0.2) is 0 Å². The number of aromatic nitrogens is 2. The summed E-state index contributed by atoms with van der Waals surface area (Å²) in [4.78, 5) is 40.5. The third kappa shape index (κ3) is 4.55. The number of carbonyl (C=O) groups is 3. The van der Waals surface area contributed by atoms with E-state index in [1.165, 1.54) is 9.80 Å². The van der Waals surface area contributed by atoms with Crippen LogP contribution in [0.3, 0.4) is 0 Å². The second-order valence-electron chi connectivity index (χ2n) is 8.40. The Bertz CT molecular complexity index is 1030. The molecule has 1 aliphatic carbocycles. The average molecular weight is 456 g/mol. The van der Waals surface area contributed by atoms with Crippen LogP contribution in [0.4, 0.5) is 0 Å². The van der Waals surface area contributed by atoms with Crippen molar-refractivity contribution >= 4 is 17.7 Å². The number of hydrogen-bond acceptors (Lipinski definition) is 8. The second kappa shape index (κ2) is 9.60. The molecule has 1 aromatic carbocycles. The van der Waals surface area contributed by atoms with Gasteiger partial charge in [0.25, 0.3) is 0 Å². The molecule has 10 nitrogen and oxygen atoms in total. The molecule has 10 heteroatoms. The van der Waals surface area contributed by atoms with E-state index in [1.54, 1.807) is 39.5 Å². The number of hydrogen-bond donors (Lipinski definition) is 0. The molecule has 3 amide bonds. The number of amides is 3. The molecule has 2 atom stereocenters. The molecule has 1 saturated heterocycles. The second-order valence-corrected chi connectivity index (χ2v) is 8.40. The Morgan fingerprint density at radius 2 is 1.76 bits per heavy atom. The maximum absolute atomic E-state index is 12.6. The summed E-state index contributed by atoms with van der Waals surface area (Å²) in [5, 5.41) is 8.07. The average Bonchev–Trinajstić information content (AvgIpc) is 3.40. The minimum atomic E-state index is -0.212. The topological polar surface area (TPSA) is 115 Å². The molecule has 0 unspecified atom stereocenters. The fourth-order valence-corrected chi connectivity index (χ4v) is 4.54. The molecule has 1 saturated carbocycles. The molecule has 1 aromatic heterocycles. The maximum atomic E-state index is 12.6. The molecule has 2 aromatic rings. The molecular formula is C23H28N4O6. The molecule has 176 valence electrons. The van der Waals surface area contributed by atoms with Gasteiger partial charge in [0.15, 0.2) is 11.5 Å². The van der Waals surface area contributed by atoms with Crippen molar-refractivity contribution in [3.8, 4) is 23.0 Å². The minimum absolute atomic E-state index is 0.0596. The summed E-state index contributed by atoms with van der Waals surface area (Å²) in [5.41, 5.74) is 0.660. The van der Waals surface area contributed by atoms with Crippen molar-refractivity contribution < 1.29 is 28.3 Å². The highest BCUT2D eigenvalue weighted by molar-refractivity contribution is 6.05. The summed E-state index contributed by atoms with van der Waals surface area (Å²) in [7, 11) is 4.71. The number of likely N-dealkylation sites (tertiary alicyclic amines) is 1. The van der Waals surface area contributed by atoms with Crippen LogP contribution in [0.25, 0.3) is 11.5 Å². The van der Waals surface area contributed by atoms with E-state index in [-0.39, 0.29) is 55.0 Å². The Balaban J connectivity index is 1.34. The quantitative estimate of drug-likeness (QED) is 0.556. The van der Waals surface area contributed by atoms with E-state index in [1.807, 2.05) is 0 Å². The number of nitrogens with zero attached hydrogens (tertiary/aromatic N) is 4. The van der Waals surface area contributed by atoms with Crippen LogP contribution in [0.2, 0.25) is 0 Å². The first-order valence-electron chi connectivity index (χ1n) is 11.1. The first kappa shape index (κ1) is 22.8. The molecule has 1 aliphatic heterocycles. The van der Waals surface area contributed by atoms with Crippen LogP contribution in [-0.2, 0) is 20.9 Å². The van der Waals surface area contributed by atoms with Crippen molar-refractivity contribution in [3.05, 3.63) is 24.1 Å². The molecule has 0 spiro atoms. The van der Waals surface area contributed by atoms with Gasteiger partial charge in [-0.05, 0) is 31.0 Å². The van der Waals surface area contributed by atoms with Crippen molar-refractivity contribution in [2.24, 2.45) is 11.8 Å². The number of benzene rings is 1. The lowest BCUT2D eigenvalue weighted by Gasteiger charge is -2.19. The predicted octanol–water partition coefficient (Wildman–Crippen LogP) is 2.28. The third-order valence-electron chi connectivity index (χ3n) is 6.38. The van der Waals surface area contributed by atoms with Crippen LogP contribution >= 0.6 is 0 Å². The van der Waals surface area contributed by atoms with Crippen molar-refractivity contribution in [3.63, 3.8) is 0 Å². The SMILES string of the molecule is COc1ccc(-c2nnc(CN(C)C(=O)CCN3C(=O)[C@H]4CCCC[C@@H]4C3=O)o2)cc1OC. The van der Waals surface area contributed by atoms with Gasteiger partial charge in [0, 0.05) is 25.6 Å². The molecule has 0 N–H and O–H groups in total. The van der Waals surface area contributed by atoms with Crippen molar-refractivity contribution in [2.45, 2.75) is 38.6 Å². The predicted molar refractivity (Wildman–Crippen MR) is 116 cm³/mol. The normalized spacial score (nSPS) is 20.0. The molecule has 0 bridgehead atoms. The lowest BCUT2D eigenvalue weighted by Crippen LogP contribution is -2.36. The van der Waals surface area contributed by atoms with E-state index in [4.69, 9.17) is 13.9 Å². The van der Waals surface area contributed by atoms with E-state index in [0.29, 0.717) is 23.0 Å². The highest BCUT2D eigenvalue weighted by atomic mass is 16.5. The van der Waals surface area contributed by atoms with Crippen LogP contribution in [0.15, 0.2) is 22.6 Å². The summed E-state index contributed by atoms with van der Waals surface area (Å²) < 4.78 is 16.2. The Kier molecular flexibility index (Phi) is 6.62. The highest BCUT2D eigenvalue weighted by Gasteiger charge is 2.47. The summed E-state index contributed by atoms with van der Waals surface area (Å²) in [5.74, 6) is 0.815. The van der Waals surface area contributed by atoms with E-state index < -0.39 is 0 Å². The maximum Gasteiger partial charge on any atom is 0.247 e. The van der Waals surface area contributed by atoms with Gasteiger partial charge in [0.2, 0.25) is 29.5 Å². The summed E-state index contributed by atoms with van der Waals surface area (Å²) in [6, 6.07) is 5.24. The minimum Gasteiger partial charge on any atom is -0.493 e. The summed E-state index contributed by atoms with van der Waals surface area (Å²) in [6.07, 6.45) is 3.54. The Hall–Kier alpha value is -3.43. The van der Waals surface area contributed by atoms with Gasteiger partial charge in [-0.1, -0.05) is 12.8 Å². The largest absolute Gasteiger partial charge is 0.493 e. The molecular weight excluding hydrogens is 428 g/mol. The number of rotatable bonds is 8. The lowest BCUT2D eigenvalue weighted by atomic mass is 9.81. The molecule has 2 fully saturated rings. The van der Waals surface area contributed by atoms with Gasteiger partial charge in [-0.3, -0.25) is 19.3 Å². The fourth-order valence-electron chi connectivity index (χ4n) is 4.54. The Morgan fingerprint density at radius 1 is 1.09 bits per heavy atom. The molecule has 33 heavy (non-hydrogen) atoms. The standard InChI is InChI=1S/C23H28N4O6/c1-26(20(28)10-11-27-22(29)15-6-4-5-7-16(15)23(27)30)13-19-24-25-21(33-19)14-8-9-17(31-2)18(12-14)32-3/h8-9,12,15-16H,4-7,10-11,13H2,1-3H3/t15-,16-/m0/s1. The van der Waals surface area contributed by atoms with Gasteiger partial charge >= 0.3 is 0 Å². The first-order valence-corrected chi connectivity index (χ1v) is 11.1. The number of ether oxygens (including phenoxy) is 2. The monoisotopic (exact) mass is 456 g/mol. The highest BCUT2D eigenvalue weighted by Crippen LogP contribution is 2.38. The summed E-state index contributed by atoms with van der Waals surface area (Å²) >= 11 is 0. The van der Waals surface area contributed by atoms with Gasteiger partial charge < -0.3 is 18.8 Å². The molecule has 0 radical (unpaired) electrons. The zero-order chi connectivity index (χ0) is 23.5. The van der Waals surface area contributed by atoms with Crippen LogP contribution in [0.1, 0.15) is 38.0 Å². The zero-order valence-corrected chi connectivity index (χ0v) is 19.1. The van der Waals surface area contributed by atoms with Gasteiger partial charge in [0.05, 0.1) is 32.6 Å². The van der Waals surface area contributed by atoms with E-state index >= 15 is 0 Å². The van der Waals surface area contributed by atoms with Crippen LogP contribution in [-0.4, -0.2) is 65.5 Å². The van der Waals surface area contributed by atoms with Crippen LogP contribution in [0.5, 0.6) is 11.5 Å². The fraction of sp³-hybridized carbons (Fsp3) is 0.522. The van der Waals surface area contributed by atoms with E-state index in [0.717, 1.165) is 25.7 Å². The molecule has 2 aliphatic rings. The lowest BCUT2D eigenvalue weighted by molar-refractivity contribution is -0.140. The molecule has 2 heterocycles. The first-order chi connectivity index (χ1) is 15.9. The van der Waals surface area contributed by atoms with Gasteiger partial charge in [-0.15, -0.1) is 10.2 Å². The summed E-state index contributed by atoms with van der Waals surface area (Å²) in [6.45, 7) is 0.223. The van der Waals surface area contributed by atoms with Crippen molar-refractivity contribution in [1.82, 2.24) is 20.0 Å². The van der Waals surface area contributed by atoms with Gasteiger partial charge in [0.1, 0.15) is 0 Å². The third-order valence-corrected chi connectivity index (χ3v) is 6.38. The Morgan fingerprint density at radius 3 is 2.39 bits per heavy atom. The van der Waals surface area contributed by atoms with Crippen molar-refractivity contribution in [2.75, 3.05) is 27.8 Å². The van der Waals surface area contributed by atoms with Crippen LogP contribution < -0.4 is 9.47 Å². The van der Waals surface area contributed by atoms with Gasteiger partial charge in [-0.2, -0.15) is 0 Å². The number of imide groups is 1. The smallest absolute Gasteiger partial charge is 0.247 e.